The fourth-order valence-electron chi connectivity index (χ4n) is 3.39. The fraction of sp³-hybridized carbons (Fsp3) is 0.471. The number of piperidine rings is 1. The average Bonchev–Trinajstić information content (AvgIpc) is 3.00. The summed E-state index contributed by atoms with van der Waals surface area (Å²) < 4.78 is 1.86. The lowest BCUT2D eigenvalue weighted by atomic mass is 9.90. The molecule has 1 fully saturated rings. The molecular weight excluding hydrogens is 308 g/mol. The number of nitro benzene ring substituents is 1. The fourth-order valence-corrected chi connectivity index (χ4v) is 3.39. The summed E-state index contributed by atoms with van der Waals surface area (Å²) in [5.74, 6) is 0.890. The highest BCUT2D eigenvalue weighted by Crippen LogP contribution is 2.32. The van der Waals surface area contributed by atoms with Crippen LogP contribution in [0.15, 0.2) is 30.6 Å². The second-order valence-electron chi connectivity index (χ2n) is 6.39. The van der Waals surface area contributed by atoms with Crippen molar-refractivity contribution in [2.75, 3.05) is 18.0 Å². The van der Waals surface area contributed by atoms with Gasteiger partial charge in [0.2, 0.25) is 0 Å². The van der Waals surface area contributed by atoms with E-state index in [2.05, 4.69) is 9.88 Å². The minimum atomic E-state index is -0.550. The number of aliphatic hydroxyl groups is 1. The molecule has 1 atom stereocenters. The van der Waals surface area contributed by atoms with Gasteiger partial charge in [-0.25, -0.2) is 4.98 Å². The van der Waals surface area contributed by atoms with Crippen LogP contribution in [0, 0.1) is 23.0 Å². The first kappa shape index (κ1) is 16.4. The summed E-state index contributed by atoms with van der Waals surface area (Å²) >= 11 is 0. The number of hydrogen-bond acceptors (Lipinski definition) is 5. The van der Waals surface area contributed by atoms with Crippen molar-refractivity contribution in [1.29, 1.82) is 0 Å². The van der Waals surface area contributed by atoms with E-state index in [4.69, 9.17) is 0 Å². The van der Waals surface area contributed by atoms with Gasteiger partial charge in [-0.05, 0) is 37.8 Å². The van der Waals surface area contributed by atoms with Gasteiger partial charge in [-0.1, -0.05) is 0 Å². The zero-order valence-electron chi connectivity index (χ0n) is 13.9. The van der Waals surface area contributed by atoms with Crippen LogP contribution >= 0.6 is 0 Å². The largest absolute Gasteiger partial charge is 0.385 e. The molecular formula is C17H22N4O3. The number of hydrogen-bond donors (Lipinski definition) is 1. The molecule has 0 aliphatic carbocycles. The standard InChI is InChI=1S/C17H22N4O3/c1-12-11-14(3-4-15(12)21(23)24)20-8-5-13(6-9-20)16(22)17-18-7-10-19(17)2/h3-4,7,10-11,13,16,22H,5-6,8-9H2,1-2H3. The number of nitrogens with zero attached hydrogens (tertiary/aromatic N) is 4. The Kier molecular flexibility index (Phi) is 4.53. The summed E-state index contributed by atoms with van der Waals surface area (Å²) in [5.41, 5.74) is 1.83. The molecule has 1 aromatic carbocycles. The Hall–Kier alpha value is -2.41. The monoisotopic (exact) mass is 330 g/mol. The zero-order chi connectivity index (χ0) is 17.3. The van der Waals surface area contributed by atoms with Crippen molar-refractivity contribution in [2.24, 2.45) is 13.0 Å². The Morgan fingerprint density at radius 1 is 1.38 bits per heavy atom. The van der Waals surface area contributed by atoms with Gasteiger partial charge in [0.25, 0.3) is 5.69 Å². The molecule has 1 N–H and O–H groups in total. The summed E-state index contributed by atoms with van der Waals surface area (Å²) in [4.78, 5) is 17.0. The molecule has 3 rings (SSSR count). The molecule has 0 radical (unpaired) electrons. The lowest BCUT2D eigenvalue weighted by Crippen LogP contribution is -2.36. The van der Waals surface area contributed by atoms with Crippen LogP contribution < -0.4 is 4.90 Å². The Balaban J connectivity index is 1.66. The molecule has 1 aromatic heterocycles. The molecule has 0 saturated carbocycles. The maximum Gasteiger partial charge on any atom is 0.272 e. The van der Waals surface area contributed by atoms with Gasteiger partial charge in [-0.15, -0.1) is 0 Å². The van der Waals surface area contributed by atoms with Gasteiger partial charge < -0.3 is 14.6 Å². The summed E-state index contributed by atoms with van der Waals surface area (Å²) in [7, 11) is 1.89. The van der Waals surface area contributed by atoms with Gasteiger partial charge in [0.1, 0.15) is 11.9 Å². The van der Waals surface area contributed by atoms with E-state index < -0.39 is 6.10 Å². The first-order valence-electron chi connectivity index (χ1n) is 8.12. The molecule has 2 heterocycles. The summed E-state index contributed by atoms with van der Waals surface area (Å²) in [6.45, 7) is 3.41. The molecule has 7 nitrogen and oxygen atoms in total. The van der Waals surface area contributed by atoms with Crippen LogP contribution in [0.25, 0.3) is 0 Å². The highest BCUT2D eigenvalue weighted by atomic mass is 16.6. The lowest BCUT2D eigenvalue weighted by molar-refractivity contribution is -0.385. The molecule has 1 unspecified atom stereocenters. The van der Waals surface area contributed by atoms with Crippen molar-refractivity contribution in [1.82, 2.24) is 9.55 Å². The van der Waals surface area contributed by atoms with Gasteiger partial charge in [0.15, 0.2) is 0 Å². The molecule has 24 heavy (non-hydrogen) atoms. The highest BCUT2D eigenvalue weighted by molar-refractivity contribution is 5.55. The van der Waals surface area contributed by atoms with Crippen LogP contribution in [0.2, 0.25) is 0 Å². The molecule has 0 amide bonds. The third-order valence-electron chi connectivity index (χ3n) is 4.85. The number of aromatic nitrogens is 2. The van der Waals surface area contributed by atoms with Crippen molar-refractivity contribution < 1.29 is 10.0 Å². The van der Waals surface area contributed by atoms with E-state index in [0.717, 1.165) is 31.6 Å². The van der Waals surface area contributed by atoms with Crippen LogP contribution in [-0.2, 0) is 7.05 Å². The Bertz CT molecular complexity index is 735. The van der Waals surface area contributed by atoms with E-state index in [1.165, 1.54) is 0 Å². The number of imidazole rings is 1. The van der Waals surface area contributed by atoms with E-state index in [1.54, 1.807) is 25.3 Å². The van der Waals surface area contributed by atoms with Crippen LogP contribution in [0.1, 0.15) is 30.3 Å². The minimum Gasteiger partial charge on any atom is -0.385 e. The third kappa shape index (κ3) is 3.12. The van der Waals surface area contributed by atoms with Gasteiger partial charge >= 0.3 is 0 Å². The summed E-state index contributed by atoms with van der Waals surface area (Å²) in [6, 6.07) is 5.24. The summed E-state index contributed by atoms with van der Waals surface area (Å²) in [6.07, 6.45) is 4.72. The van der Waals surface area contributed by atoms with E-state index in [9.17, 15) is 15.2 Å². The van der Waals surface area contributed by atoms with E-state index >= 15 is 0 Å². The minimum absolute atomic E-state index is 0.152. The molecule has 1 aliphatic rings. The smallest absolute Gasteiger partial charge is 0.272 e. The van der Waals surface area contributed by atoms with Gasteiger partial charge in [-0.3, -0.25) is 10.1 Å². The van der Waals surface area contributed by atoms with Crippen molar-refractivity contribution in [3.8, 4) is 0 Å². The predicted molar refractivity (Wildman–Crippen MR) is 90.9 cm³/mol. The van der Waals surface area contributed by atoms with Crippen molar-refractivity contribution >= 4 is 11.4 Å². The third-order valence-corrected chi connectivity index (χ3v) is 4.85. The first-order chi connectivity index (χ1) is 11.5. The number of benzene rings is 1. The van der Waals surface area contributed by atoms with Crippen molar-refractivity contribution in [3.05, 3.63) is 52.1 Å². The van der Waals surface area contributed by atoms with E-state index in [-0.39, 0.29) is 16.5 Å². The predicted octanol–water partition coefficient (Wildman–Crippen LogP) is 2.59. The highest BCUT2D eigenvalue weighted by Gasteiger charge is 2.28. The Labute approximate surface area is 140 Å². The summed E-state index contributed by atoms with van der Waals surface area (Å²) in [5, 5.41) is 21.5. The van der Waals surface area contributed by atoms with Crippen LogP contribution in [0.3, 0.4) is 0 Å². The van der Waals surface area contributed by atoms with Crippen molar-refractivity contribution in [3.63, 3.8) is 0 Å². The molecule has 128 valence electrons. The second-order valence-corrected chi connectivity index (χ2v) is 6.39. The zero-order valence-corrected chi connectivity index (χ0v) is 13.9. The molecule has 7 heteroatoms. The number of aryl methyl sites for hydroxylation is 2. The second kappa shape index (κ2) is 6.60. The Morgan fingerprint density at radius 3 is 2.62 bits per heavy atom. The van der Waals surface area contributed by atoms with Gasteiger partial charge in [0.05, 0.1) is 4.92 Å². The number of rotatable bonds is 4. The quantitative estimate of drug-likeness (QED) is 0.688. The molecule has 1 saturated heterocycles. The van der Waals surface area contributed by atoms with Gasteiger partial charge in [0, 0.05) is 49.8 Å². The van der Waals surface area contributed by atoms with E-state index in [1.807, 2.05) is 23.9 Å². The molecule has 2 aromatic rings. The van der Waals surface area contributed by atoms with E-state index in [0.29, 0.717) is 11.4 Å². The number of aliphatic hydroxyl groups excluding tert-OH is 1. The average molecular weight is 330 g/mol. The van der Waals surface area contributed by atoms with Crippen molar-refractivity contribution in [2.45, 2.75) is 25.9 Å². The number of nitro groups is 1. The normalized spacial score (nSPS) is 17.0. The first-order valence-corrected chi connectivity index (χ1v) is 8.12. The molecule has 1 aliphatic heterocycles. The van der Waals surface area contributed by atoms with Crippen LogP contribution in [-0.4, -0.2) is 32.7 Å². The molecule has 0 bridgehead atoms. The molecule has 0 spiro atoms. The lowest BCUT2D eigenvalue weighted by Gasteiger charge is -2.35. The topological polar surface area (TPSA) is 84.4 Å². The maximum absolute atomic E-state index is 10.9. The number of anilines is 1. The van der Waals surface area contributed by atoms with Crippen LogP contribution in [0.5, 0.6) is 0 Å². The van der Waals surface area contributed by atoms with Crippen LogP contribution in [0.4, 0.5) is 11.4 Å². The Morgan fingerprint density at radius 2 is 2.08 bits per heavy atom. The maximum atomic E-state index is 10.9. The SMILES string of the molecule is Cc1cc(N2CCC(C(O)c3nccn3C)CC2)ccc1[N+](=O)[O-]. The van der Waals surface area contributed by atoms with Gasteiger partial charge in [-0.2, -0.15) is 0 Å².